The second-order valence-corrected chi connectivity index (χ2v) is 4.63. The first kappa shape index (κ1) is 14.8. The van der Waals surface area contributed by atoms with Crippen LogP contribution in [0.1, 0.15) is 17.9 Å². The summed E-state index contributed by atoms with van der Waals surface area (Å²) in [5.41, 5.74) is -0.255. The molecular formula is C12H10ClF3O4. The van der Waals surface area contributed by atoms with Crippen LogP contribution in [0.15, 0.2) is 12.1 Å². The molecule has 1 aliphatic heterocycles. The third kappa shape index (κ3) is 3.09. The average Bonchev–Trinajstić information content (AvgIpc) is 2.34. The number of aliphatic carboxylic acids is 1. The van der Waals surface area contributed by atoms with Crippen molar-refractivity contribution in [2.45, 2.75) is 18.5 Å². The number of benzene rings is 1. The van der Waals surface area contributed by atoms with Crippen LogP contribution in [0, 0.1) is 0 Å². The molecule has 0 spiro atoms. The van der Waals surface area contributed by atoms with Gasteiger partial charge in [0.05, 0.1) is 17.4 Å². The molecule has 8 heteroatoms. The zero-order valence-corrected chi connectivity index (χ0v) is 10.8. The number of fused-ring (bicyclic) bond motifs is 1. The summed E-state index contributed by atoms with van der Waals surface area (Å²) in [6.07, 6.45) is -5.76. The van der Waals surface area contributed by atoms with E-state index in [2.05, 4.69) is 0 Å². The van der Waals surface area contributed by atoms with Crippen molar-refractivity contribution in [3.63, 3.8) is 0 Å². The lowest BCUT2D eigenvalue weighted by atomic mass is 9.94. The Morgan fingerprint density at radius 2 is 2.00 bits per heavy atom. The molecule has 1 aliphatic rings. The summed E-state index contributed by atoms with van der Waals surface area (Å²) in [4.78, 5) is 10.6. The van der Waals surface area contributed by atoms with E-state index in [9.17, 15) is 18.0 Å². The van der Waals surface area contributed by atoms with E-state index < -0.39 is 24.5 Å². The molecule has 4 nitrogen and oxygen atoms in total. The van der Waals surface area contributed by atoms with Crippen LogP contribution in [0.3, 0.4) is 0 Å². The number of hydrogen-bond donors (Lipinski definition) is 1. The first-order valence-electron chi connectivity index (χ1n) is 5.66. The number of carbonyl (C=O) groups is 1. The molecule has 0 saturated heterocycles. The Labute approximate surface area is 117 Å². The highest BCUT2D eigenvalue weighted by atomic mass is 35.5. The van der Waals surface area contributed by atoms with Gasteiger partial charge in [0.1, 0.15) is 13.2 Å². The van der Waals surface area contributed by atoms with E-state index in [0.29, 0.717) is 0 Å². The number of halogens is 4. The Morgan fingerprint density at radius 3 is 2.60 bits per heavy atom. The molecule has 1 atom stereocenters. The normalized spacial score (nSPS) is 15.8. The molecule has 0 aromatic heterocycles. The summed E-state index contributed by atoms with van der Waals surface area (Å²) < 4.78 is 49.2. The molecule has 0 bridgehead atoms. The van der Waals surface area contributed by atoms with E-state index in [1.165, 1.54) is 0 Å². The van der Waals surface area contributed by atoms with Crippen molar-refractivity contribution in [1.29, 1.82) is 0 Å². The fourth-order valence-corrected chi connectivity index (χ4v) is 2.20. The van der Waals surface area contributed by atoms with E-state index in [1.54, 1.807) is 0 Å². The molecule has 0 fully saturated rings. The number of carboxylic acid groups (broad SMARTS) is 1. The lowest BCUT2D eigenvalue weighted by Gasteiger charge is -2.24. The third-order valence-electron chi connectivity index (χ3n) is 2.80. The summed E-state index contributed by atoms with van der Waals surface area (Å²) in [5, 5.41) is 8.60. The van der Waals surface area contributed by atoms with Gasteiger partial charge in [-0.3, -0.25) is 4.79 Å². The van der Waals surface area contributed by atoms with E-state index >= 15 is 0 Å². The minimum absolute atomic E-state index is 0.0307. The van der Waals surface area contributed by atoms with Crippen LogP contribution in [-0.4, -0.2) is 30.5 Å². The van der Waals surface area contributed by atoms with Crippen LogP contribution in [0.4, 0.5) is 13.2 Å². The second kappa shape index (κ2) is 5.40. The monoisotopic (exact) mass is 310 g/mol. The molecular weight excluding hydrogens is 301 g/mol. The van der Waals surface area contributed by atoms with Gasteiger partial charge in [-0.15, -0.1) is 0 Å². The SMILES string of the molecule is O=C(O)CC(c1cc(Cl)c2c(c1)OCCO2)C(F)(F)F. The van der Waals surface area contributed by atoms with Crippen LogP contribution in [0.25, 0.3) is 0 Å². The molecule has 1 unspecified atom stereocenters. The van der Waals surface area contributed by atoms with Crippen LogP contribution >= 0.6 is 11.6 Å². The Morgan fingerprint density at radius 1 is 1.35 bits per heavy atom. The first-order chi connectivity index (χ1) is 9.29. The van der Waals surface area contributed by atoms with Gasteiger partial charge in [-0.25, -0.2) is 0 Å². The van der Waals surface area contributed by atoms with Crippen LogP contribution in [0.5, 0.6) is 11.5 Å². The molecule has 110 valence electrons. The molecule has 0 aliphatic carbocycles. The summed E-state index contributed by atoms with van der Waals surface area (Å²) in [6.45, 7) is 0.451. The van der Waals surface area contributed by atoms with Gasteiger partial charge in [0.25, 0.3) is 0 Å². The fraction of sp³-hybridized carbons (Fsp3) is 0.417. The molecule has 1 heterocycles. The zero-order chi connectivity index (χ0) is 14.9. The maximum absolute atomic E-state index is 13.0. The molecule has 0 saturated carbocycles. The second-order valence-electron chi connectivity index (χ2n) is 4.22. The maximum atomic E-state index is 13.0. The van der Waals surface area contributed by atoms with Gasteiger partial charge in [-0.05, 0) is 17.7 Å². The lowest BCUT2D eigenvalue weighted by molar-refractivity contribution is -0.163. The highest BCUT2D eigenvalue weighted by molar-refractivity contribution is 6.32. The standard InChI is InChI=1S/C12H10ClF3O4/c13-8-3-6(4-9-11(8)20-2-1-19-9)7(5-10(17)18)12(14,15)16/h3-4,7H,1-2,5H2,(H,17,18). The predicted molar refractivity (Wildman–Crippen MR) is 63.5 cm³/mol. The lowest BCUT2D eigenvalue weighted by Crippen LogP contribution is -2.24. The molecule has 1 aromatic rings. The molecule has 20 heavy (non-hydrogen) atoms. The van der Waals surface area contributed by atoms with Gasteiger partial charge < -0.3 is 14.6 Å². The Kier molecular flexibility index (Phi) is 3.99. The quantitative estimate of drug-likeness (QED) is 0.931. The molecule has 0 radical (unpaired) electrons. The number of ether oxygens (including phenoxy) is 2. The van der Waals surface area contributed by atoms with E-state index in [1.807, 2.05) is 0 Å². The van der Waals surface area contributed by atoms with Crippen LogP contribution in [-0.2, 0) is 4.79 Å². The van der Waals surface area contributed by atoms with Gasteiger partial charge in [0.2, 0.25) is 0 Å². The number of alkyl halides is 3. The smallest absolute Gasteiger partial charge is 0.396 e. The molecule has 2 rings (SSSR count). The van der Waals surface area contributed by atoms with Gasteiger partial charge >= 0.3 is 12.1 Å². The number of hydrogen-bond acceptors (Lipinski definition) is 3. The molecule has 1 aromatic carbocycles. The topological polar surface area (TPSA) is 55.8 Å². The van der Waals surface area contributed by atoms with Gasteiger partial charge in [-0.2, -0.15) is 13.2 Å². The van der Waals surface area contributed by atoms with E-state index in [-0.39, 0.29) is 35.3 Å². The Balaban J connectivity index is 2.43. The van der Waals surface area contributed by atoms with E-state index in [4.69, 9.17) is 26.2 Å². The summed E-state index contributed by atoms with van der Waals surface area (Å²) >= 11 is 5.86. The van der Waals surface area contributed by atoms with Crippen molar-refractivity contribution in [2.24, 2.45) is 0 Å². The van der Waals surface area contributed by atoms with Gasteiger partial charge in [-0.1, -0.05) is 11.6 Å². The van der Waals surface area contributed by atoms with E-state index in [0.717, 1.165) is 12.1 Å². The summed E-state index contributed by atoms with van der Waals surface area (Å²) in [7, 11) is 0. The van der Waals surface area contributed by atoms with Crippen LogP contribution < -0.4 is 9.47 Å². The third-order valence-corrected chi connectivity index (χ3v) is 3.08. The highest BCUT2D eigenvalue weighted by Gasteiger charge is 2.42. The minimum Gasteiger partial charge on any atom is -0.486 e. The van der Waals surface area contributed by atoms with Gasteiger partial charge in [0, 0.05) is 0 Å². The van der Waals surface area contributed by atoms with Crippen molar-refractivity contribution < 1.29 is 32.5 Å². The van der Waals surface area contributed by atoms with Crippen molar-refractivity contribution in [1.82, 2.24) is 0 Å². The van der Waals surface area contributed by atoms with Crippen molar-refractivity contribution in [3.05, 3.63) is 22.7 Å². The Bertz CT molecular complexity index is 530. The first-order valence-corrected chi connectivity index (χ1v) is 6.04. The number of carboxylic acids is 1. The predicted octanol–water partition coefficient (Wildman–Crippen LogP) is 3.23. The van der Waals surface area contributed by atoms with Crippen molar-refractivity contribution in [2.75, 3.05) is 13.2 Å². The van der Waals surface area contributed by atoms with Gasteiger partial charge in [0.15, 0.2) is 11.5 Å². The number of rotatable bonds is 3. The van der Waals surface area contributed by atoms with Crippen molar-refractivity contribution in [3.8, 4) is 11.5 Å². The fourth-order valence-electron chi connectivity index (χ4n) is 1.93. The molecule has 0 amide bonds. The van der Waals surface area contributed by atoms with Crippen LogP contribution in [0.2, 0.25) is 5.02 Å². The minimum atomic E-state index is -4.69. The average molecular weight is 311 g/mol. The maximum Gasteiger partial charge on any atom is 0.396 e. The Hall–Kier alpha value is -1.63. The highest BCUT2D eigenvalue weighted by Crippen LogP contribution is 2.44. The summed E-state index contributed by atoms with van der Waals surface area (Å²) in [5.74, 6) is -3.41. The summed E-state index contributed by atoms with van der Waals surface area (Å²) in [6, 6.07) is 2.19. The molecule has 1 N–H and O–H groups in total. The largest absolute Gasteiger partial charge is 0.486 e. The van der Waals surface area contributed by atoms with Crippen molar-refractivity contribution >= 4 is 17.6 Å². The zero-order valence-electron chi connectivity index (χ0n) is 10.0.